The van der Waals surface area contributed by atoms with Gasteiger partial charge in [0, 0.05) is 52.0 Å². The Hall–Kier alpha value is -5.03. The largest absolute Gasteiger partial charge is 0.379 e. The maximum Gasteiger partial charge on any atom is 0.246 e. The Morgan fingerprint density at radius 1 is 0.746 bits per heavy atom. The van der Waals surface area contributed by atoms with Gasteiger partial charge in [-0.2, -0.15) is 0 Å². The molecule has 5 amide bonds. The van der Waals surface area contributed by atoms with Crippen LogP contribution < -0.4 is 31.9 Å². The summed E-state index contributed by atoms with van der Waals surface area (Å²) in [6, 6.07) is 16.0. The molecule has 7 N–H and O–H groups in total. The van der Waals surface area contributed by atoms with Crippen LogP contribution >= 0.6 is 0 Å². The molecule has 0 aromatic heterocycles. The van der Waals surface area contributed by atoms with Gasteiger partial charge in [-0.05, 0) is 57.2 Å². The first-order valence-electron chi connectivity index (χ1n) is 20.4. The monoisotopic (exact) mass is 823 g/mol. The van der Waals surface area contributed by atoms with Crippen molar-refractivity contribution in [2.45, 2.75) is 96.3 Å². The van der Waals surface area contributed by atoms with Crippen LogP contribution in [0.1, 0.15) is 70.9 Å². The van der Waals surface area contributed by atoms with Gasteiger partial charge in [0.15, 0.2) is 5.78 Å². The summed E-state index contributed by atoms with van der Waals surface area (Å²) in [7, 11) is 0. The molecule has 0 radical (unpaired) electrons. The Balaban J connectivity index is 1.90. The highest BCUT2D eigenvalue weighted by Gasteiger charge is 2.37. The van der Waals surface area contributed by atoms with Crippen molar-refractivity contribution in [2.24, 2.45) is 0 Å². The highest BCUT2D eigenvalue weighted by Crippen LogP contribution is 2.15. The van der Waals surface area contributed by atoms with Gasteiger partial charge in [0.1, 0.15) is 17.6 Å². The number of amides is 5. The molecule has 0 aliphatic rings. The van der Waals surface area contributed by atoms with E-state index in [4.69, 9.17) is 19.6 Å². The molecule has 2 rings (SSSR count). The van der Waals surface area contributed by atoms with E-state index >= 15 is 0 Å². The zero-order valence-corrected chi connectivity index (χ0v) is 35.1. The van der Waals surface area contributed by atoms with Gasteiger partial charge in [0.05, 0.1) is 39.2 Å². The number of carbonyl (C=O) groups excluding carboxylic acids is 6. The minimum Gasteiger partial charge on any atom is -0.379 e. The quantitative estimate of drug-likeness (QED) is 0.0418. The van der Waals surface area contributed by atoms with E-state index < -0.39 is 52.9 Å². The van der Waals surface area contributed by atoms with Crippen molar-refractivity contribution in [1.82, 2.24) is 31.9 Å². The first kappa shape index (κ1) is 50.1. The predicted octanol–water partition coefficient (Wildman–Crippen LogP) is 1.79. The van der Waals surface area contributed by atoms with Crippen LogP contribution in [0.25, 0.3) is 0 Å². The van der Waals surface area contributed by atoms with Crippen molar-refractivity contribution in [3.05, 3.63) is 71.8 Å². The van der Waals surface area contributed by atoms with Crippen molar-refractivity contribution in [1.29, 1.82) is 5.41 Å². The number of hydrogen-bond donors (Lipinski definition) is 7. The zero-order chi connectivity index (χ0) is 43.3. The van der Waals surface area contributed by atoms with Crippen LogP contribution in [0, 0.1) is 5.41 Å². The highest BCUT2D eigenvalue weighted by molar-refractivity contribution is 6.26. The summed E-state index contributed by atoms with van der Waals surface area (Å²) >= 11 is 0. The molecule has 0 aliphatic carbocycles. The van der Waals surface area contributed by atoms with E-state index in [1.54, 1.807) is 54.6 Å². The van der Waals surface area contributed by atoms with Crippen LogP contribution in [0.4, 0.5) is 0 Å². The van der Waals surface area contributed by atoms with Crippen molar-refractivity contribution < 1.29 is 43.0 Å². The van der Waals surface area contributed by atoms with E-state index in [-0.39, 0.29) is 32.2 Å². The third kappa shape index (κ3) is 22.1. The van der Waals surface area contributed by atoms with Crippen LogP contribution in [0.5, 0.6) is 0 Å². The molecule has 2 aromatic carbocycles. The lowest BCUT2D eigenvalue weighted by Gasteiger charge is -2.32. The van der Waals surface area contributed by atoms with Crippen molar-refractivity contribution in [3.63, 3.8) is 0 Å². The minimum absolute atomic E-state index is 0.0576. The van der Waals surface area contributed by atoms with Crippen molar-refractivity contribution >= 4 is 41.5 Å². The van der Waals surface area contributed by atoms with E-state index in [2.05, 4.69) is 45.7 Å². The van der Waals surface area contributed by atoms with E-state index in [0.29, 0.717) is 64.9 Å². The van der Waals surface area contributed by atoms with Gasteiger partial charge in [-0.15, -0.1) is 0 Å². The molecule has 0 fully saturated rings. The third-order valence-electron chi connectivity index (χ3n) is 9.26. The number of ketones is 1. The normalized spacial score (nSPS) is 13.5. The molecule has 326 valence electrons. The number of nitrogens with one attached hydrogen (secondary N) is 7. The molecule has 0 bridgehead atoms. The van der Waals surface area contributed by atoms with E-state index in [0.717, 1.165) is 30.5 Å². The lowest BCUT2D eigenvalue weighted by molar-refractivity contribution is -0.136. The number of benzene rings is 2. The van der Waals surface area contributed by atoms with Gasteiger partial charge in [0.2, 0.25) is 29.5 Å². The highest BCUT2D eigenvalue weighted by atomic mass is 16.5. The Morgan fingerprint density at radius 2 is 1.32 bits per heavy atom. The molecule has 0 heterocycles. The first-order chi connectivity index (χ1) is 28.4. The van der Waals surface area contributed by atoms with Crippen LogP contribution in [0.3, 0.4) is 0 Å². The average molecular weight is 824 g/mol. The van der Waals surface area contributed by atoms with Gasteiger partial charge in [0.25, 0.3) is 0 Å². The molecule has 16 heteroatoms. The molecular weight excluding hydrogens is 759 g/mol. The molecule has 2 aromatic rings. The summed E-state index contributed by atoms with van der Waals surface area (Å²) in [5, 5.41) is 24.1. The predicted molar refractivity (Wildman–Crippen MR) is 225 cm³/mol. The summed E-state index contributed by atoms with van der Waals surface area (Å²) in [4.78, 5) is 78.1. The minimum atomic E-state index is -1.48. The van der Waals surface area contributed by atoms with Crippen LogP contribution in [-0.2, 0) is 55.8 Å². The molecule has 0 saturated heterocycles. The maximum absolute atomic E-state index is 13.8. The van der Waals surface area contributed by atoms with Crippen LogP contribution in [0.2, 0.25) is 0 Å². The number of hydrogen-bond acceptors (Lipinski definition) is 11. The fourth-order valence-electron chi connectivity index (χ4n) is 5.81. The average Bonchev–Trinajstić information content (AvgIpc) is 3.22. The van der Waals surface area contributed by atoms with Gasteiger partial charge >= 0.3 is 0 Å². The molecule has 0 aliphatic heterocycles. The molecule has 59 heavy (non-hydrogen) atoms. The molecule has 1 unspecified atom stereocenters. The van der Waals surface area contributed by atoms with Gasteiger partial charge in [-0.3, -0.25) is 28.8 Å². The summed E-state index contributed by atoms with van der Waals surface area (Å²) in [5.41, 5.74) is -0.00523. The van der Waals surface area contributed by atoms with E-state index in [1.165, 1.54) is 13.8 Å². The molecule has 16 nitrogen and oxygen atoms in total. The van der Waals surface area contributed by atoms with Crippen LogP contribution in [0.15, 0.2) is 60.7 Å². The Labute approximate surface area is 348 Å². The topological polar surface area (TPSA) is 226 Å². The van der Waals surface area contributed by atoms with Gasteiger partial charge < -0.3 is 51.5 Å². The third-order valence-corrected chi connectivity index (χ3v) is 9.26. The fourth-order valence-corrected chi connectivity index (χ4v) is 5.81. The number of carbonyl (C=O) groups is 6. The lowest BCUT2D eigenvalue weighted by atomic mass is 9.91. The zero-order valence-electron chi connectivity index (χ0n) is 35.1. The molecular formula is C43H65N7O9. The molecule has 0 spiro atoms. The second kappa shape index (κ2) is 29.2. The number of ether oxygens (including phenoxy) is 3. The second-order valence-corrected chi connectivity index (χ2v) is 14.5. The first-order valence-corrected chi connectivity index (χ1v) is 20.4. The summed E-state index contributed by atoms with van der Waals surface area (Å²) in [6.07, 6.45) is 2.95. The smallest absolute Gasteiger partial charge is 0.246 e. The fraction of sp³-hybridized carbons (Fsp3) is 0.558. The Morgan fingerprint density at radius 3 is 1.90 bits per heavy atom. The van der Waals surface area contributed by atoms with Gasteiger partial charge in [-0.25, -0.2) is 0 Å². The lowest BCUT2D eigenvalue weighted by Crippen LogP contribution is -2.62. The maximum atomic E-state index is 13.8. The second-order valence-electron chi connectivity index (χ2n) is 14.5. The van der Waals surface area contributed by atoms with Crippen molar-refractivity contribution in [2.75, 3.05) is 59.3 Å². The number of rotatable bonds is 32. The Kier molecular flexibility index (Phi) is 24.8. The Bertz CT molecular complexity index is 1580. The summed E-state index contributed by atoms with van der Waals surface area (Å²) in [6.45, 7) is 10.9. The summed E-state index contributed by atoms with van der Waals surface area (Å²) < 4.78 is 16.7. The standard InChI is InChI=1S/C43H65N7O9/c1-5-32(2)45-20-12-22-57-24-26-59-27-25-58-23-13-21-46-39(53)31-47-40(54)38(28-34-14-8-6-9-15-34)48-41(55)37(19-18-36(52)30-44)49-42(56)43(4,50-33(3)51)29-35-16-10-7-11-17-35/h6-11,14-17,30,32,37-38,44-45H,5,12-13,18-29,31H2,1-4H3,(H,46,53)(H,47,54)(H,48,55)(H,49,56)(H,50,51)/t32?,37-,38-,43+/m0/s1. The number of Topliss-reactive ketones (excluding diaryl/α,β-unsaturated/α-hetero) is 1. The molecule has 4 atom stereocenters. The SMILES string of the molecule is CCC(C)NCCCOCCOCCOCCCNC(=O)CNC(=O)[C@H](Cc1ccccc1)NC(=O)[C@H](CCC(=O)C=N)NC(=O)[C@@](C)(Cc1ccccc1)NC(C)=O. The summed E-state index contributed by atoms with van der Waals surface area (Å²) in [5.74, 6) is -3.56. The van der Waals surface area contributed by atoms with E-state index in [9.17, 15) is 28.8 Å². The van der Waals surface area contributed by atoms with Crippen LogP contribution in [-0.4, -0.2) is 124 Å². The molecule has 0 saturated carbocycles. The van der Waals surface area contributed by atoms with Crippen molar-refractivity contribution in [3.8, 4) is 0 Å². The van der Waals surface area contributed by atoms with E-state index in [1.807, 2.05) is 6.07 Å². The van der Waals surface area contributed by atoms with Gasteiger partial charge in [-0.1, -0.05) is 67.6 Å².